The van der Waals surface area contributed by atoms with E-state index in [4.69, 9.17) is 9.47 Å². The fourth-order valence-electron chi connectivity index (χ4n) is 1.67. The van der Waals surface area contributed by atoms with Crippen molar-refractivity contribution < 1.29 is 9.47 Å². The molecule has 0 aromatic heterocycles. The first kappa shape index (κ1) is 13.6. The minimum Gasteiger partial charge on any atom is -0.490 e. The largest absolute Gasteiger partial charge is 0.490 e. The molecule has 17 heavy (non-hydrogen) atoms. The summed E-state index contributed by atoms with van der Waals surface area (Å²) in [5.74, 6) is 1.69. The van der Waals surface area contributed by atoms with Crippen molar-refractivity contribution in [1.82, 2.24) is 0 Å². The van der Waals surface area contributed by atoms with Crippen LogP contribution < -0.4 is 9.47 Å². The minimum absolute atomic E-state index is 0.665. The van der Waals surface area contributed by atoms with Crippen molar-refractivity contribution in [2.75, 3.05) is 13.2 Å². The highest BCUT2D eigenvalue weighted by Gasteiger charge is 2.05. The molecule has 0 unspecified atom stereocenters. The molecule has 0 radical (unpaired) electrons. The van der Waals surface area contributed by atoms with Crippen LogP contribution in [0.3, 0.4) is 0 Å². The highest BCUT2D eigenvalue weighted by molar-refractivity contribution is 5.43. The van der Waals surface area contributed by atoms with Gasteiger partial charge in [0.1, 0.15) is 0 Å². The van der Waals surface area contributed by atoms with Crippen molar-refractivity contribution in [3.05, 3.63) is 35.9 Å². The lowest BCUT2D eigenvalue weighted by Crippen LogP contribution is -1.99. The van der Waals surface area contributed by atoms with Gasteiger partial charge in [0.15, 0.2) is 11.5 Å². The van der Waals surface area contributed by atoms with E-state index in [1.54, 1.807) is 0 Å². The normalized spacial score (nSPS) is 10.8. The summed E-state index contributed by atoms with van der Waals surface area (Å²) >= 11 is 0. The van der Waals surface area contributed by atoms with E-state index in [0.717, 1.165) is 24.3 Å². The van der Waals surface area contributed by atoms with Gasteiger partial charge in [-0.25, -0.2) is 0 Å². The quantitative estimate of drug-likeness (QED) is 0.664. The van der Waals surface area contributed by atoms with E-state index in [0.29, 0.717) is 13.2 Å². The number of allylic oxidation sites excluding steroid dienone is 2. The first-order valence-corrected chi connectivity index (χ1v) is 6.31. The highest BCUT2D eigenvalue weighted by atomic mass is 16.5. The lowest BCUT2D eigenvalue weighted by Gasteiger charge is -2.12. The molecule has 0 aliphatic rings. The zero-order valence-corrected chi connectivity index (χ0v) is 11.0. The summed E-state index contributed by atoms with van der Waals surface area (Å²) in [5, 5.41) is 0. The van der Waals surface area contributed by atoms with Crippen LogP contribution in [0.25, 0.3) is 0 Å². The molecule has 0 aliphatic heterocycles. The van der Waals surface area contributed by atoms with Crippen LogP contribution in [0.4, 0.5) is 0 Å². The number of hydrogen-bond donors (Lipinski definition) is 0. The molecule has 1 rings (SSSR count). The average Bonchev–Trinajstić information content (AvgIpc) is 2.33. The van der Waals surface area contributed by atoms with Crippen molar-refractivity contribution in [3.8, 4) is 11.5 Å². The average molecular weight is 234 g/mol. The Labute approximate surface area is 104 Å². The number of aryl methyl sites for hydroxylation is 1. The molecule has 0 saturated heterocycles. The van der Waals surface area contributed by atoms with Gasteiger partial charge in [-0.3, -0.25) is 0 Å². The Bertz CT molecular complexity index is 356. The summed E-state index contributed by atoms with van der Waals surface area (Å²) in [7, 11) is 0. The van der Waals surface area contributed by atoms with E-state index in [1.165, 1.54) is 5.56 Å². The van der Waals surface area contributed by atoms with Crippen molar-refractivity contribution >= 4 is 0 Å². The summed E-state index contributed by atoms with van der Waals surface area (Å²) in [6.07, 6.45) is 6.36. The summed E-state index contributed by atoms with van der Waals surface area (Å²) in [6, 6.07) is 6.19. The van der Waals surface area contributed by atoms with Crippen LogP contribution in [-0.2, 0) is 6.42 Å². The van der Waals surface area contributed by atoms with Gasteiger partial charge >= 0.3 is 0 Å². The van der Waals surface area contributed by atoms with E-state index in [-0.39, 0.29) is 0 Å². The SMILES string of the molecule is C/C=C\CCc1ccc(OCC)c(OCC)c1. The van der Waals surface area contributed by atoms with Crippen LogP contribution in [0.15, 0.2) is 30.4 Å². The third-order valence-corrected chi connectivity index (χ3v) is 2.44. The molecule has 0 heterocycles. The van der Waals surface area contributed by atoms with Gasteiger partial charge in [0.2, 0.25) is 0 Å². The fourth-order valence-corrected chi connectivity index (χ4v) is 1.67. The second-order valence-electron chi connectivity index (χ2n) is 3.75. The Kier molecular flexibility index (Phi) is 6.23. The molecule has 1 aromatic rings. The summed E-state index contributed by atoms with van der Waals surface area (Å²) < 4.78 is 11.1. The summed E-state index contributed by atoms with van der Waals surface area (Å²) in [6.45, 7) is 7.35. The highest BCUT2D eigenvalue weighted by Crippen LogP contribution is 2.28. The van der Waals surface area contributed by atoms with Gasteiger partial charge in [-0.1, -0.05) is 18.2 Å². The second kappa shape index (κ2) is 7.77. The van der Waals surface area contributed by atoms with Crippen molar-refractivity contribution in [1.29, 1.82) is 0 Å². The topological polar surface area (TPSA) is 18.5 Å². The lowest BCUT2D eigenvalue weighted by atomic mass is 10.1. The number of hydrogen-bond acceptors (Lipinski definition) is 2. The van der Waals surface area contributed by atoms with E-state index in [2.05, 4.69) is 24.3 Å². The molecule has 0 saturated carbocycles. The second-order valence-corrected chi connectivity index (χ2v) is 3.75. The molecule has 0 atom stereocenters. The number of rotatable bonds is 7. The molecule has 0 bridgehead atoms. The molecule has 0 fully saturated rings. The molecule has 2 heteroatoms. The summed E-state index contributed by atoms with van der Waals surface area (Å²) in [5.41, 5.74) is 1.29. The smallest absolute Gasteiger partial charge is 0.161 e. The van der Waals surface area contributed by atoms with E-state index < -0.39 is 0 Å². The third-order valence-electron chi connectivity index (χ3n) is 2.44. The van der Waals surface area contributed by atoms with Gasteiger partial charge < -0.3 is 9.47 Å². The fraction of sp³-hybridized carbons (Fsp3) is 0.467. The zero-order chi connectivity index (χ0) is 12.5. The van der Waals surface area contributed by atoms with Gasteiger partial charge in [0.05, 0.1) is 13.2 Å². The van der Waals surface area contributed by atoms with Gasteiger partial charge in [-0.2, -0.15) is 0 Å². The molecule has 0 amide bonds. The van der Waals surface area contributed by atoms with Crippen molar-refractivity contribution in [2.24, 2.45) is 0 Å². The lowest BCUT2D eigenvalue weighted by molar-refractivity contribution is 0.287. The Hall–Kier alpha value is -1.44. The zero-order valence-electron chi connectivity index (χ0n) is 11.0. The monoisotopic (exact) mass is 234 g/mol. The Balaban J connectivity index is 2.77. The number of ether oxygens (including phenoxy) is 2. The van der Waals surface area contributed by atoms with Crippen LogP contribution >= 0.6 is 0 Å². The van der Waals surface area contributed by atoms with Crippen LogP contribution in [0.1, 0.15) is 32.8 Å². The standard InChI is InChI=1S/C15H22O2/c1-4-7-8-9-13-10-11-14(16-5-2)15(12-13)17-6-3/h4,7,10-12H,5-6,8-9H2,1-3H3/b7-4-. The summed E-state index contributed by atoms with van der Waals surface area (Å²) in [4.78, 5) is 0. The Morgan fingerprint density at radius 1 is 1.06 bits per heavy atom. The molecule has 0 spiro atoms. The number of benzene rings is 1. The molecule has 2 nitrogen and oxygen atoms in total. The van der Waals surface area contributed by atoms with Crippen LogP contribution in [0.5, 0.6) is 11.5 Å². The van der Waals surface area contributed by atoms with Crippen molar-refractivity contribution in [2.45, 2.75) is 33.6 Å². The maximum Gasteiger partial charge on any atom is 0.161 e. The van der Waals surface area contributed by atoms with Crippen LogP contribution in [0.2, 0.25) is 0 Å². The molecular weight excluding hydrogens is 212 g/mol. The van der Waals surface area contributed by atoms with Gasteiger partial charge in [0, 0.05) is 0 Å². The van der Waals surface area contributed by atoms with Crippen LogP contribution in [-0.4, -0.2) is 13.2 Å². The Morgan fingerprint density at radius 3 is 2.41 bits per heavy atom. The van der Waals surface area contributed by atoms with E-state index >= 15 is 0 Å². The predicted octanol–water partition coefficient (Wildman–Crippen LogP) is 3.99. The van der Waals surface area contributed by atoms with Crippen molar-refractivity contribution in [3.63, 3.8) is 0 Å². The third kappa shape index (κ3) is 4.51. The molecular formula is C15H22O2. The molecule has 94 valence electrons. The first-order valence-electron chi connectivity index (χ1n) is 6.31. The van der Waals surface area contributed by atoms with Crippen LogP contribution in [0, 0.1) is 0 Å². The minimum atomic E-state index is 0.665. The molecule has 0 N–H and O–H groups in total. The predicted molar refractivity (Wildman–Crippen MR) is 71.9 cm³/mol. The van der Waals surface area contributed by atoms with Gasteiger partial charge in [-0.15, -0.1) is 0 Å². The first-order chi connectivity index (χ1) is 8.31. The van der Waals surface area contributed by atoms with Gasteiger partial charge in [0.25, 0.3) is 0 Å². The van der Waals surface area contributed by atoms with E-state index in [9.17, 15) is 0 Å². The van der Waals surface area contributed by atoms with Gasteiger partial charge in [-0.05, 0) is 51.3 Å². The maximum atomic E-state index is 5.59. The molecule has 0 aliphatic carbocycles. The Morgan fingerprint density at radius 2 is 1.76 bits per heavy atom. The maximum absolute atomic E-state index is 5.59. The molecule has 1 aromatic carbocycles. The van der Waals surface area contributed by atoms with E-state index in [1.807, 2.05) is 26.8 Å².